The van der Waals surface area contributed by atoms with Gasteiger partial charge in [0, 0.05) is 19.3 Å². The highest BCUT2D eigenvalue weighted by Gasteiger charge is 2.20. The third-order valence-electron chi connectivity index (χ3n) is 2.90. The fourth-order valence-corrected chi connectivity index (χ4v) is 2.12. The summed E-state index contributed by atoms with van der Waals surface area (Å²) in [5.41, 5.74) is 6.87. The molecule has 1 saturated heterocycles. The van der Waals surface area contributed by atoms with Crippen LogP contribution in [0.2, 0.25) is 5.15 Å². The summed E-state index contributed by atoms with van der Waals surface area (Å²) < 4.78 is 0. The van der Waals surface area contributed by atoms with Crippen molar-refractivity contribution in [3.63, 3.8) is 0 Å². The lowest BCUT2D eigenvalue weighted by molar-refractivity contribution is 0.317. The van der Waals surface area contributed by atoms with Crippen LogP contribution in [0, 0.1) is 5.92 Å². The summed E-state index contributed by atoms with van der Waals surface area (Å²) in [6, 6.07) is 3.87. The fourth-order valence-electron chi connectivity index (χ4n) is 2.01. The van der Waals surface area contributed by atoms with Crippen LogP contribution in [0.1, 0.15) is 12.0 Å². The van der Waals surface area contributed by atoms with Crippen molar-refractivity contribution in [3.05, 3.63) is 29.0 Å². The largest absolute Gasteiger partial charge is 0.330 e. The summed E-state index contributed by atoms with van der Waals surface area (Å²) in [5, 5.41) is 0.556. The molecule has 0 saturated carbocycles. The molecule has 1 aromatic rings. The lowest BCUT2D eigenvalue weighted by Gasteiger charge is -2.15. The number of nitrogens with zero attached hydrogens (tertiary/aromatic N) is 2. The summed E-state index contributed by atoms with van der Waals surface area (Å²) in [6.45, 7) is 4.01. The molecule has 2 rings (SSSR count). The first-order valence-electron chi connectivity index (χ1n) is 5.31. The van der Waals surface area contributed by atoms with Crippen LogP contribution in [0.5, 0.6) is 0 Å². The Labute approximate surface area is 95.2 Å². The Morgan fingerprint density at radius 2 is 2.40 bits per heavy atom. The Morgan fingerprint density at radius 3 is 3.00 bits per heavy atom. The zero-order valence-electron chi connectivity index (χ0n) is 8.69. The summed E-state index contributed by atoms with van der Waals surface area (Å²) in [7, 11) is 0. The third-order valence-corrected chi connectivity index (χ3v) is 3.12. The molecular formula is C11H16ClN3. The van der Waals surface area contributed by atoms with Gasteiger partial charge in [-0.05, 0) is 37.1 Å². The second-order valence-electron chi connectivity index (χ2n) is 4.11. The zero-order valence-corrected chi connectivity index (χ0v) is 9.45. The predicted octanol–water partition coefficient (Wildman–Crippen LogP) is 1.52. The molecule has 0 radical (unpaired) electrons. The van der Waals surface area contributed by atoms with E-state index in [1.807, 2.05) is 18.3 Å². The molecule has 0 aliphatic carbocycles. The first-order chi connectivity index (χ1) is 7.28. The minimum absolute atomic E-state index is 0.556. The molecule has 0 unspecified atom stereocenters. The Morgan fingerprint density at radius 1 is 1.53 bits per heavy atom. The average Bonchev–Trinajstić information content (AvgIpc) is 2.69. The molecule has 1 fully saturated rings. The standard InChI is InChI=1S/C11H16ClN3/c12-11-2-1-10(6-14-11)8-15-4-3-9(5-13)7-15/h1-2,6,9H,3-5,7-8,13H2/t9-/m1/s1. The van der Waals surface area contributed by atoms with Gasteiger partial charge in [0.25, 0.3) is 0 Å². The van der Waals surface area contributed by atoms with Crippen LogP contribution in [0.4, 0.5) is 0 Å². The average molecular weight is 226 g/mol. The first kappa shape index (κ1) is 10.9. The van der Waals surface area contributed by atoms with Gasteiger partial charge in [-0.2, -0.15) is 0 Å². The van der Waals surface area contributed by atoms with E-state index in [-0.39, 0.29) is 0 Å². The van der Waals surface area contributed by atoms with E-state index in [0.29, 0.717) is 11.1 Å². The highest BCUT2D eigenvalue weighted by Crippen LogP contribution is 2.17. The SMILES string of the molecule is NC[C@H]1CCN(Cc2ccc(Cl)nc2)C1. The van der Waals surface area contributed by atoms with Gasteiger partial charge in [-0.1, -0.05) is 17.7 Å². The third kappa shape index (κ3) is 2.91. The van der Waals surface area contributed by atoms with Gasteiger partial charge in [0.15, 0.2) is 0 Å². The molecule has 2 N–H and O–H groups in total. The van der Waals surface area contributed by atoms with E-state index >= 15 is 0 Å². The van der Waals surface area contributed by atoms with Crippen molar-refractivity contribution in [1.29, 1.82) is 0 Å². The fraction of sp³-hybridized carbons (Fsp3) is 0.545. The van der Waals surface area contributed by atoms with Crippen LogP contribution in [-0.2, 0) is 6.54 Å². The first-order valence-corrected chi connectivity index (χ1v) is 5.68. The molecule has 0 amide bonds. The molecule has 0 spiro atoms. The van der Waals surface area contributed by atoms with Crippen LogP contribution in [0.3, 0.4) is 0 Å². The summed E-state index contributed by atoms with van der Waals surface area (Å²) >= 11 is 5.73. The quantitative estimate of drug-likeness (QED) is 0.794. The van der Waals surface area contributed by atoms with Gasteiger partial charge >= 0.3 is 0 Å². The Hall–Kier alpha value is -0.640. The van der Waals surface area contributed by atoms with Crippen molar-refractivity contribution in [1.82, 2.24) is 9.88 Å². The molecule has 4 heteroatoms. The van der Waals surface area contributed by atoms with Gasteiger partial charge < -0.3 is 5.73 Å². The lowest BCUT2D eigenvalue weighted by Crippen LogP contribution is -2.22. The number of halogens is 1. The monoisotopic (exact) mass is 225 g/mol. The number of hydrogen-bond donors (Lipinski definition) is 1. The minimum atomic E-state index is 0.556. The van der Waals surface area contributed by atoms with Crippen molar-refractivity contribution in [2.75, 3.05) is 19.6 Å². The second kappa shape index (κ2) is 4.92. The van der Waals surface area contributed by atoms with E-state index < -0.39 is 0 Å². The number of nitrogens with two attached hydrogens (primary N) is 1. The predicted molar refractivity (Wildman–Crippen MR) is 61.7 cm³/mol. The van der Waals surface area contributed by atoms with Crippen molar-refractivity contribution >= 4 is 11.6 Å². The highest BCUT2D eigenvalue weighted by molar-refractivity contribution is 6.29. The van der Waals surface area contributed by atoms with E-state index in [9.17, 15) is 0 Å². The summed E-state index contributed by atoms with van der Waals surface area (Å²) in [6.07, 6.45) is 3.07. The van der Waals surface area contributed by atoms with Crippen LogP contribution in [0.25, 0.3) is 0 Å². The van der Waals surface area contributed by atoms with E-state index in [2.05, 4.69) is 9.88 Å². The molecule has 1 aromatic heterocycles. The number of pyridine rings is 1. The minimum Gasteiger partial charge on any atom is -0.330 e. The van der Waals surface area contributed by atoms with E-state index in [0.717, 1.165) is 26.2 Å². The van der Waals surface area contributed by atoms with Gasteiger partial charge in [0.1, 0.15) is 5.15 Å². The summed E-state index contributed by atoms with van der Waals surface area (Å²) in [4.78, 5) is 6.49. The maximum absolute atomic E-state index is 5.73. The van der Waals surface area contributed by atoms with E-state index in [4.69, 9.17) is 17.3 Å². The van der Waals surface area contributed by atoms with Gasteiger partial charge in [0.2, 0.25) is 0 Å². The van der Waals surface area contributed by atoms with Crippen molar-refractivity contribution in [3.8, 4) is 0 Å². The smallest absolute Gasteiger partial charge is 0.129 e. The van der Waals surface area contributed by atoms with Crippen LogP contribution in [-0.4, -0.2) is 29.5 Å². The van der Waals surface area contributed by atoms with Crippen LogP contribution < -0.4 is 5.73 Å². The normalized spacial score (nSPS) is 22.1. The molecule has 0 aromatic carbocycles. The molecule has 2 heterocycles. The van der Waals surface area contributed by atoms with Crippen molar-refractivity contribution in [2.45, 2.75) is 13.0 Å². The Bertz CT molecular complexity index is 312. The maximum atomic E-state index is 5.73. The van der Waals surface area contributed by atoms with E-state index in [1.54, 1.807) is 0 Å². The number of rotatable bonds is 3. The van der Waals surface area contributed by atoms with Gasteiger partial charge in [-0.3, -0.25) is 4.90 Å². The molecule has 1 atom stereocenters. The van der Waals surface area contributed by atoms with Gasteiger partial charge in [0.05, 0.1) is 0 Å². The molecule has 1 aliphatic heterocycles. The van der Waals surface area contributed by atoms with E-state index in [1.165, 1.54) is 12.0 Å². The molecule has 0 bridgehead atoms. The molecule has 3 nitrogen and oxygen atoms in total. The maximum Gasteiger partial charge on any atom is 0.129 e. The highest BCUT2D eigenvalue weighted by atomic mass is 35.5. The summed E-state index contributed by atoms with van der Waals surface area (Å²) in [5.74, 6) is 0.672. The topological polar surface area (TPSA) is 42.1 Å². The molecule has 82 valence electrons. The Balaban J connectivity index is 1.90. The Kier molecular flexibility index (Phi) is 3.57. The molecule has 15 heavy (non-hydrogen) atoms. The van der Waals surface area contributed by atoms with Crippen molar-refractivity contribution < 1.29 is 0 Å². The van der Waals surface area contributed by atoms with Gasteiger partial charge in [-0.25, -0.2) is 4.98 Å². The molecular weight excluding hydrogens is 210 g/mol. The number of likely N-dealkylation sites (tertiary alicyclic amines) is 1. The number of aromatic nitrogens is 1. The second-order valence-corrected chi connectivity index (χ2v) is 4.50. The number of hydrogen-bond acceptors (Lipinski definition) is 3. The zero-order chi connectivity index (χ0) is 10.7. The van der Waals surface area contributed by atoms with Crippen molar-refractivity contribution in [2.24, 2.45) is 11.7 Å². The van der Waals surface area contributed by atoms with Crippen LogP contribution >= 0.6 is 11.6 Å². The molecule has 1 aliphatic rings. The van der Waals surface area contributed by atoms with Gasteiger partial charge in [-0.15, -0.1) is 0 Å². The lowest BCUT2D eigenvalue weighted by atomic mass is 10.1. The van der Waals surface area contributed by atoms with Crippen LogP contribution in [0.15, 0.2) is 18.3 Å².